The molecule has 3 aromatic rings. The number of esters is 1. The van der Waals surface area contributed by atoms with Crippen LogP contribution in [0.4, 0.5) is 4.39 Å². The van der Waals surface area contributed by atoms with E-state index in [2.05, 4.69) is 15.3 Å². The monoisotopic (exact) mass is 405 g/mol. The van der Waals surface area contributed by atoms with Crippen LogP contribution in [0.2, 0.25) is 0 Å². The summed E-state index contributed by atoms with van der Waals surface area (Å²) in [7, 11) is 0. The predicted molar refractivity (Wildman–Crippen MR) is 102 cm³/mol. The molecular weight excluding hydrogens is 389 g/mol. The number of hydrogen-bond donors (Lipinski definition) is 1. The molecule has 140 valence electrons. The van der Waals surface area contributed by atoms with Crippen molar-refractivity contribution in [1.29, 1.82) is 0 Å². The van der Waals surface area contributed by atoms with Crippen LogP contribution < -0.4 is 5.32 Å². The van der Waals surface area contributed by atoms with Gasteiger partial charge in [0.2, 0.25) is 0 Å². The summed E-state index contributed by atoms with van der Waals surface area (Å²) in [5, 5.41) is 6.19. The summed E-state index contributed by atoms with van der Waals surface area (Å²) in [5.41, 5.74) is 0.912. The van der Waals surface area contributed by atoms with Crippen LogP contribution in [0.5, 0.6) is 0 Å². The second-order valence-electron chi connectivity index (χ2n) is 5.49. The fraction of sp³-hybridized carbons (Fsp3) is 0.222. The molecule has 0 saturated carbocycles. The van der Waals surface area contributed by atoms with Gasteiger partial charge in [0.25, 0.3) is 5.91 Å². The molecule has 1 aromatic carbocycles. The van der Waals surface area contributed by atoms with Crippen molar-refractivity contribution in [3.8, 4) is 0 Å². The molecule has 2 aromatic heterocycles. The van der Waals surface area contributed by atoms with Crippen LogP contribution in [0.3, 0.4) is 0 Å². The van der Waals surface area contributed by atoms with Crippen molar-refractivity contribution in [2.24, 2.45) is 0 Å². The van der Waals surface area contributed by atoms with Crippen molar-refractivity contribution in [3.05, 3.63) is 53.4 Å². The molecule has 0 fully saturated rings. The number of thiophene rings is 1. The molecule has 0 bridgehead atoms. The van der Waals surface area contributed by atoms with Crippen molar-refractivity contribution in [2.45, 2.75) is 11.4 Å². The van der Waals surface area contributed by atoms with Crippen LogP contribution in [0, 0.1) is 5.82 Å². The van der Waals surface area contributed by atoms with Gasteiger partial charge in [-0.05, 0) is 35.6 Å². The largest absolute Gasteiger partial charge is 0.455 e. The van der Waals surface area contributed by atoms with Gasteiger partial charge < -0.3 is 10.1 Å². The zero-order valence-electron chi connectivity index (χ0n) is 14.2. The summed E-state index contributed by atoms with van der Waals surface area (Å²) in [4.78, 5) is 32.7. The Morgan fingerprint density at radius 3 is 2.81 bits per heavy atom. The number of thioether (sulfide) groups is 1. The zero-order valence-corrected chi connectivity index (χ0v) is 15.8. The standard InChI is InChI=1S/C18H16FN3O3S2/c19-13-3-1-12(2-4-13)5-7-20-15(23)9-25-16(24)10-27-18-14-6-8-26-17(14)21-11-22-18/h1-4,6,8,11H,5,7,9-10H2,(H,20,23). The Morgan fingerprint density at radius 2 is 2.00 bits per heavy atom. The third-order valence-corrected chi connectivity index (χ3v) is 5.36. The van der Waals surface area contributed by atoms with E-state index in [9.17, 15) is 14.0 Å². The molecular formula is C18H16FN3O3S2. The molecule has 1 amide bonds. The Labute approximate surface area is 163 Å². The summed E-state index contributed by atoms with van der Waals surface area (Å²) in [6.07, 6.45) is 2.03. The summed E-state index contributed by atoms with van der Waals surface area (Å²) in [5.74, 6) is -1.10. The molecule has 0 atom stereocenters. The summed E-state index contributed by atoms with van der Waals surface area (Å²) >= 11 is 2.75. The van der Waals surface area contributed by atoms with E-state index in [-0.39, 0.29) is 24.1 Å². The summed E-state index contributed by atoms with van der Waals surface area (Å²) in [6.45, 7) is 0.0499. The van der Waals surface area contributed by atoms with Crippen molar-refractivity contribution in [2.75, 3.05) is 18.9 Å². The fourth-order valence-electron chi connectivity index (χ4n) is 2.25. The van der Waals surface area contributed by atoms with Crippen molar-refractivity contribution < 1.29 is 18.7 Å². The van der Waals surface area contributed by atoms with Gasteiger partial charge in [-0.3, -0.25) is 9.59 Å². The maximum atomic E-state index is 12.8. The van der Waals surface area contributed by atoms with Gasteiger partial charge in [-0.1, -0.05) is 23.9 Å². The molecule has 0 radical (unpaired) electrons. The molecule has 9 heteroatoms. The first-order valence-electron chi connectivity index (χ1n) is 8.09. The maximum Gasteiger partial charge on any atom is 0.316 e. The Kier molecular flexibility index (Phi) is 6.72. The van der Waals surface area contributed by atoms with E-state index in [1.807, 2.05) is 11.4 Å². The zero-order chi connectivity index (χ0) is 19.1. The lowest BCUT2D eigenvalue weighted by Gasteiger charge is -2.07. The van der Waals surface area contributed by atoms with E-state index < -0.39 is 5.97 Å². The molecule has 0 spiro atoms. The van der Waals surface area contributed by atoms with Gasteiger partial charge in [-0.2, -0.15) is 0 Å². The molecule has 0 unspecified atom stereocenters. The van der Waals surface area contributed by atoms with Crippen LogP contribution in [-0.2, 0) is 20.7 Å². The maximum absolute atomic E-state index is 12.8. The Hall–Kier alpha value is -2.52. The minimum Gasteiger partial charge on any atom is -0.455 e. The number of nitrogens with one attached hydrogen (secondary N) is 1. The highest BCUT2D eigenvalue weighted by Gasteiger charge is 2.11. The van der Waals surface area contributed by atoms with Gasteiger partial charge in [0, 0.05) is 11.9 Å². The van der Waals surface area contributed by atoms with Gasteiger partial charge in [-0.25, -0.2) is 14.4 Å². The van der Waals surface area contributed by atoms with Crippen LogP contribution in [0.25, 0.3) is 10.2 Å². The minimum absolute atomic E-state index is 0.0603. The Morgan fingerprint density at radius 1 is 1.19 bits per heavy atom. The number of aromatic nitrogens is 2. The Balaban J connectivity index is 1.35. The number of carbonyl (C=O) groups excluding carboxylic acids is 2. The van der Waals surface area contributed by atoms with Gasteiger partial charge >= 0.3 is 5.97 Å². The van der Waals surface area contributed by atoms with Crippen LogP contribution in [0.1, 0.15) is 5.56 Å². The molecule has 0 aliphatic carbocycles. The molecule has 0 saturated heterocycles. The van der Waals surface area contributed by atoms with Crippen molar-refractivity contribution in [1.82, 2.24) is 15.3 Å². The topological polar surface area (TPSA) is 81.2 Å². The number of benzene rings is 1. The number of amides is 1. The molecule has 0 aliphatic heterocycles. The first kappa shape index (κ1) is 19.2. The predicted octanol–water partition coefficient (Wildman–Crippen LogP) is 2.82. The fourth-order valence-corrected chi connectivity index (χ4v) is 3.82. The third kappa shape index (κ3) is 5.73. The molecule has 27 heavy (non-hydrogen) atoms. The number of nitrogens with zero attached hydrogens (tertiary/aromatic N) is 2. The first-order chi connectivity index (χ1) is 13.1. The number of carbonyl (C=O) groups is 2. The normalized spacial score (nSPS) is 10.7. The smallest absolute Gasteiger partial charge is 0.316 e. The third-order valence-electron chi connectivity index (χ3n) is 3.57. The van der Waals surface area contributed by atoms with Gasteiger partial charge in [0.05, 0.1) is 5.75 Å². The molecule has 6 nitrogen and oxygen atoms in total. The number of fused-ring (bicyclic) bond motifs is 1. The van der Waals surface area contributed by atoms with Crippen LogP contribution in [-0.4, -0.2) is 40.7 Å². The van der Waals surface area contributed by atoms with Gasteiger partial charge in [0.1, 0.15) is 22.0 Å². The summed E-state index contributed by atoms with van der Waals surface area (Å²) in [6, 6.07) is 7.98. The molecule has 0 aliphatic rings. The highest BCUT2D eigenvalue weighted by molar-refractivity contribution is 8.00. The number of hydrogen-bond acceptors (Lipinski definition) is 7. The lowest BCUT2D eigenvalue weighted by Crippen LogP contribution is -2.30. The highest BCUT2D eigenvalue weighted by atomic mass is 32.2. The van der Waals surface area contributed by atoms with Gasteiger partial charge in [0.15, 0.2) is 6.61 Å². The lowest BCUT2D eigenvalue weighted by molar-refractivity contribution is -0.145. The van der Waals surface area contributed by atoms with Crippen molar-refractivity contribution in [3.63, 3.8) is 0 Å². The number of rotatable bonds is 8. The Bertz CT molecular complexity index is 931. The molecule has 2 heterocycles. The molecule has 1 N–H and O–H groups in total. The van der Waals surface area contributed by atoms with E-state index in [1.165, 1.54) is 41.6 Å². The SMILES string of the molecule is O=C(COC(=O)CSc1ncnc2sccc12)NCCc1ccc(F)cc1. The van der Waals surface area contributed by atoms with E-state index >= 15 is 0 Å². The van der Waals surface area contributed by atoms with E-state index in [1.54, 1.807) is 12.1 Å². The number of ether oxygens (including phenoxy) is 1. The van der Waals surface area contributed by atoms with E-state index in [4.69, 9.17) is 4.74 Å². The number of halogens is 1. The molecule has 3 rings (SSSR count). The first-order valence-corrected chi connectivity index (χ1v) is 9.96. The quantitative estimate of drug-likeness (QED) is 0.353. The van der Waals surface area contributed by atoms with Crippen LogP contribution in [0.15, 0.2) is 47.1 Å². The van der Waals surface area contributed by atoms with Crippen molar-refractivity contribution >= 4 is 45.2 Å². The highest BCUT2D eigenvalue weighted by Crippen LogP contribution is 2.27. The second kappa shape index (κ2) is 9.43. The lowest BCUT2D eigenvalue weighted by atomic mass is 10.1. The van der Waals surface area contributed by atoms with E-state index in [0.29, 0.717) is 18.0 Å². The van der Waals surface area contributed by atoms with Gasteiger partial charge in [-0.15, -0.1) is 11.3 Å². The summed E-state index contributed by atoms with van der Waals surface area (Å²) < 4.78 is 17.8. The second-order valence-corrected chi connectivity index (χ2v) is 7.35. The minimum atomic E-state index is -0.490. The van der Waals surface area contributed by atoms with Crippen LogP contribution >= 0.6 is 23.1 Å². The average Bonchev–Trinajstić information content (AvgIpc) is 3.15. The average molecular weight is 405 g/mol. The van der Waals surface area contributed by atoms with E-state index in [0.717, 1.165) is 15.8 Å².